The van der Waals surface area contributed by atoms with Crippen LogP contribution in [0.3, 0.4) is 0 Å². The number of nitrogens with zero attached hydrogens (tertiary/aromatic N) is 4. The van der Waals surface area contributed by atoms with Gasteiger partial charge >= 0.3 is 0 Å². The van der Waals surface area contributed by atoms with Crippen LogP contribution in [0.2, 0.25) is 0 Å². The quantitative estimate of drug-likeness (QED) is 0.746. The molecule has 0 aliphatic carbocycles. The highest BCUT2D eigenvalue weighted by atomic mass is 16.5. The average Bonchev–Trinajstić information content (AvgIpc) is 2.97. The Morgan fingerprint density at radius 2 is 2.00 bits per heavy atom. The Morgan fingerprint density at radius 1 is 1.14 bits per heavy atom. The largest absolute Gasteiger partial charge is 0.508 e. The van der Waals surface area contributed by atoms with Crippen molar-refractivity contribution in [3.63, 3.8) is 0 Å². The predicted octanol–water partition coefficient (Wildman–Crippen LogP) is 1.61. The topological polar surface area (TPSA) is 114 Å². The number of rotatable bonds is 3. The summed E-state index contributed by atoms with van der Waals surface area (Å²) < 4.78 is 10.1. The maximum atomic E-state index is 9.77. The third-order valence-electron chi connectivity index (χ3n) is 2.72. The Hall–Kier alpha value is -3.16. The molecule has 3 aromatic rings. The molecule has 0 spiro atoms. The Labute approximate surface area is 118 Å². The van der Waals surface area contributed by atoms with Gasteiger partial charge in [-0.3, -0.25) is 0 Å². The van der Waals surface area contributed by atoms with E-state index in [0.717, 1.165) is 0 Å². The molecule has 0 aliphatic rings. The lowest BCUT2D eigenvalue weighted by Crippen LogP contribution is -1.91. The van der Waals surface area contributed by atoms with Crippen LogP contribution in [0.4, 0.5) is 0 Å². The van der Waals surface area contributed by atoms with Crippen LogP contribution in [-0.2, 0) is 0 Å². The molecule has 0 saturated heterocycles. The van der Waals surface area contributed by atoms with Crippen molar-refractivity contribution in [2.45, 2.75) is 0 Å². The first kappa shape index (κ1) is 12.9. The van der Waals surface area contributed by atoms with Gasteiger partial charge in [-0.15, -0.1) is 0 Å². The SMILES string of the molecule is COc1cc(-c2noc(-c3ccc(O)cc3O)n2)ncn1. The number of methoxy groups -OCH3 is 1. The smallest absolute Gasteiger partial charge is 0.262 e. The van der Waals surface area contributed by atoms with Crippen LogP contribution in [0.1, 0.15) is 0 Å². The van der Waals surface area contributed by atoms with Gasteiger partial charge in [0, 0.05) is 12.1 Å². The summed E-state index contributed by atoms with van der Waals surface area (Å²) in [6, 6.07) is 5.63. The Bertz CT molecular complexity index is 787. The minimum Gasteiger partial charge on any atom is -0.508 e. The van der Waals surface area contributed by atoms with Gasteiger partial charge in [0.25, 0.3) is 5.89 Å². The second-order valence-electron chi connectivity index (χ2n) is 4.07. The lowest BCUT2D eigenvalue weighted by Gasteiger charge is -1.99. The maximum Gasteiger partial charge on any atom is 0.262 e. The van der Waals surface area contributed by atoms with Crippen LogP contribution < -0.4 is 4.74 Å². The predicted molar refractivity (Wildman–Crippen MR) is 70.6 cm³/mol. The molecule has 3 rings (SSSR count). The number of hydrogen-bond donors (Lipinski definition) is 2. The highest BCUT2D eigenvalue weighted by molar-refractivity contribution is 5.65. The number of phenolic OH excluding ortho intramolecular Hbond substituents is 2. The van der Waals surface area contributed by atoms with Crippen molar-refractivity contribution in [1.82, 2.24) is 20.1 Å². The van der Waals surface area contributed by atoms with Crippen molar-refractivity contribution in [1.29, 1.82) is 0 Å². The summed E-state index contributed by atoms with van der Waals surface area (Å²) in [6.07, 6.45) is 1.32. The molecule has 0 aliphatic heterocycles. The number of benzene rings is 1. The maximum absolute atomic E-state index is 9.77. The molecule has 0 unspecified atom stereocenters. The molecule has 0 bridgehead atoms. The molecule has 0 fully saturated rings. The molecule has 21 heavy (non-hydrogen) atoms. The van der Waals surface area contributed by atoms with Crippen molar-refractivity contribution < 1.29 is 19.5 Å². The molecule has 8 nitrogen and oxygen atoms in total. The fourth-order valence-corrected chi connectivity index (χ4v) is 1.71. The van der Waals surface area contributed by atoms with Gasteiger partial charge in [0.1, 0.15) is 23.5 Å². The van der Waals surface area contributed by atoms with E-state index in [0.29, 0.717) is 17.1 Å². The summed E-state index contributed by atoms with van der Waals surface area (Å²) in [5.41, 5.74) is 0.739. The highest BCUT2D eigenvalue weighted by Crippen LogP contribution is 2.31. The van der Waals surface area contributed by atoms with Crippen molar-refractivity contribution in [3.8, 4) is 40.4 Å². The minimum absolute atomic E-state index is 0.0588. The second kappa shape index (κ2) is 5.08. The van der Waals surface area contributed by atoms with Gasteiger partial charge in [0.05, 0.1) is 12.7 Å². The molecule has 1 aromatic carbocycles. The standard InChI is InChI=1S/C13H10N4O4/c1-20-11-5-9(14-6-15-11)12-16-13(21-17-12)8-3-2-7(18)4-10(8)19/h2-6,18-19H,1H3. The first-order valence-electron chi connectivity index (χ1n) is 5.90. The van der Waals surface area contributed by atoms with E-state index < -0.39 is 0 Å². The average molecular weight is 286 g/mol. The van der Waals surface area contributed by atoms with E-state index in [-0.39, 0.29) is 23.2 Å². The number of phenols is 2. The van der Waals surface area contributed by atoms with E-state index in [9.17, 15) is 10.2 Å². The fraction of sp³-hybridized carbons (Fsp3) is 0.0769. The third kappa shape index (κ3) is 2.46. The lowest BCUT2D eigenvalue weighted by atomic mass is 10.2. The van der Waals surface area contributed by atoms with Gasteiger partial charge in [0.2, 0.25) is 11.7 Å². The lowest BCUT2D eigenvalue weighted by molar-refractivity contribution is 0.397. The molecule has 0 saturated carbocycles. The Balaban J connectivity index is 1.99. The first-order chi connectivity index (χ1) is 10.2. The van der Waals surface area contributed by atoms with Crippen molar-refractivity contribution in [3.05, 3.63) is 30.6 Å². The second-order valence-corrected chi connectivity index (χ2v) is 4.07. The van der Waals surface area contributed by atoms with Crippen LogP contribution in [0.15, 0.2) is 35.1 Å². The van der Waals surface area contributed by atoms with Crippen molar-refractivity contribution >= 4 is 0 Å². The van der Waals surface area contributed by atoms with E-state index in [4.69, 9.17) is 9.26 Å². The van der Waals surface area contributed by atoms with E-state index in [1.165, 1.54) is 31.6 Å². The van der Waals surface area contributed by atoms with E-state index >= 15 is 0 Å². The van der Waals surface area contributed by atoms with Crippen molar-refractivity contribution in [2.75, 3.05) is 7.11 Å². The van der Waals surface area contributed by atoms with E-state index in [2.05, 4.69) is 20.1 Å². The highest BCUT2D eigenvalue weighted by Gasteiger charge is 2.15. The molecule has 106 valence electrons. The molecule has 2 heterocycles. The van der Waals surface area contributed by atoms with Gasteiger partial charge in [-0.25, -0.2) is 9.97 Å². The molecule has 2 N–H and O–H groups in total. The molecular formula is C13H10N4O4. The summed E-state index contributed by atoms with van der Waals surface area (Å²) in [7, 11) is 1.49. The van der Waals surface area contributed by atoms with Crippen LogP contribution in [0.5, 0.6) is 17.4 Å². The summed E-state index contributed by atoms with van der Waals surface area (Å²) in [5.74, 6) is 0.499. The zero-order valence-electron chi connectivity index (χ0n) is 10.9. The Kier molecular flexibility index (Phi) is 3.11. The van der Waals surface area contributed by atoms with Gasteiger partial charge in [0.15, 0.2) is 0 Å². The number of ether oxygens (including phenoxy) is 1. The van der Waals surface area contributed by atoms with Crippen LogP contribution in [-0.4, -0.2) is 37.4 Å². The normalized spacial score (nSPS) is 10.5. The monoisotopic (exact) mass is 286 g/mol. The Morgan fingerprint density at radius 3 is 2.76 bits per heavy atom. The number of aromatic nitrogens is 4. The zero-order chi connectivity index (χ0) is 14.8. The molecular weight excluding hydrogens is 276 g/mol. The minimum atomic E-state index is -0.162. The summed E-state index contributed by atoms with van der Waals surface area (Å²) in [4.78, 5) is 12.1. The van der Waals surface area contributed by atoms with Gasteiger partial charge < -0.3 is 19.5 Å². The summed E-state index contributed by atoms with van der Waals surface area (Å²) >= 11 is 0. The molecule has 8 heteroatoms. The molecule has 0 atom stereocenters. The molecule has 0 radical (unpaired) electrons. The van der Waals surface area contributed by atoms with E-state index in [1.807, 2.05) is 0 Å². The van der Waals surface area contributed by atoms with Crippen LogP contribution in [0, 0.1) is 0 Å². The van der Waals surface area contributed by atoms with Gasteiger partial charge in [-0.2, -0.15) is 4.98 Å². The van der Waals surface area contributed by atoms with Crippen LogP contribution >= 0.6 is 0 Å². The summed E-state index contributed by atoms with van der Waals surface area (Å²) in [5, 5.41) is 22.8. The van der Waals surface area contributed by atoms with Crippen molar-refractivity contribution in [2.24, 2.45) is 0 Å². The first-order valence-corrected chi connectivity index (χ1v) is 5.90. The zero-order valence-corrected chi connectivity index (χ0v) is 10.9. The molecule has 0 amide bonds. The fourth-order valence-electron chi connectivity index (χ4n) is 1.71. The molecule has 2 aromatic heterocycles. The summed E-state index contributed by atoms with van der Waals surface area (Å²) in [6.45, 7) is 0. The third-order valence-corrected chi connectivity index (χ3v) is 2.72. The number of hydrogen-bond acceptors (Lipinski definition) is 8. The van der Waals surface area contributed by atoms with Crippen LogP contribution in [0.25, 0.3) is 23.0 Å². The van der Waals surface area contributed by atoms with Gasteiger partial charge in [-0.05, 0) is 12.1 Å². The van der Waals surface area contributed by atoms with E-state index in [1.54, 1.807) is 6.07 Å². The van der Waals surface area contributed by atoms with Gasteiger partial charge in [-0.1, -0.05) is 5.16 Å². The number of aromatic hydroxyl groups is 2.